The lowest BCUT2D eigenvalue weighted by molar-refractivity contribution is -0.134. The number of Topliss-reactive ketones (excluding diaryl/α,β-unsaturated/α-hetero) is 1. The molecule has 14 heteroatoms. The topological polar surface area (TPSA) is 151 Å². The van der Waals surface area contributed by atoms with Crippen molar-refractivity contribution >= 4 is 30.2 Å². The molecule has 1 aromatic heterocycles. The number of nitrogens with zero attached hydrogens (tertiary/aromatic N) is 5. The quantitative estimate of drug-likeness (QED) is 0.308. The average Bonchev–Trinajstić information content (AvgIpc) is 3.29. The Morgan fingerprint density at radius 1 is 0.979 bits per heavy atom. The number of benzene rings is 2. The third kappa shape index (κ3) is 6.19. The molecule has 2 N–H and O–H groups in total. The van der Waals surface area contributed by atoms with Gasteiger partial charge in [-0.05, 0) is 75.1 Å². The van der Waals surface area contributed by atoms with Gasteiger partial charge in [0.1, 0.15) is 23.1 Å². The van der Waals surface area contributed by atoms with Gasteiger partial charge in [0.2, 0.25) is 5.91 Å². The number of carbonyl (C=O) groups is 3. The third-order valence-corrected chi connectivity index (χ3v) is 9.05. The molecule has 4 heterocycles. The van der Waals surface area contributed by atoms with Crippen molar-refractivity contribution in [1.82, 2.24) is 23.7 Å². The molecule has 2 aromatic carbocycles. The van der Waals surface area contributed by atoms with Gasteiger partial charge in [-0.2, -0.15) is 0 Å². The van der Waals surface area contributed by atoms with E-state index in [4.69, 9.17) is 15.2 Å². The average molecular weight is 681 g/mol. The van der Waals surface area contributed by atoms with Gasteiger partial charge in [-0.25, -0.2) is 28.3 Å². The van der Waals surface area contributed by atoms with Gasteiger partial charge in [0.25, 0.3) is 0 Å². The van der Waals surface area contributed by atoms with Crippen molar-refractivity contribution in [3.8, 4) is 17.2 Å². The number of hydrogen-bond donors (Lipinski definition) is 1. The lowest BCUT2D eigenvalue weighted by Gasteiger charge is -2.42. The van der Waals surface area contributed by atoms with Crippen LogP contribution in [0.5, 0.6) is 11.5 Å². The molecule has 0 aliphatic carbocycles. The summed E-state index contributed by atoms with van der Waals surface area (Å²) in [5.74, 6) is 0.764. The van der Waals surface area contributed by atoms with Gasteiger partial charge in [0, 0.05) is 43.4 Å². The summed E-state index contributed by atoms with van der Waals surface area (Å²) in [5.41, 5.74) is 6.52. The molecule has 2 atom stereocenters. The monoisotopic (exact) mass is 680 g/mol. The van der Waals surface area contributed by atoms with Crippen molar-refractivity contribution in [2.24, 2.45) is 11.7 Å². The number of hydrogen-bond acceptors (Lipinski definition) is 8. The first-order chi connectivity index (χ1) is 22.3. The van der Waals surface area contributed by atoms with Crippen LogP contribution < -0.4 is 26.6 Å². The van der Waals surface area contributed by atoms with Crippen LogP contribution in [0.3, 0.4) is 0 Å². The van der Waals surface area contributed by atoms with Crippen LogP contribution in [-0.2, 0) is 11.3 Å². The van der Waals surface area contributed by atoms with Crippen LogP contribution in [0, 0.1) is 5.92 Å². The lowest BCUT2D eigenvalue weighted by Crippen LogP contribution is -2.55. The second-order valence-corrected chi connectivity index (χ2v) is 13.2. The molecular formula is C34H41ClN6O7. The standard InChI is InChI=1S/C34H40N6O7.ClH/c1-20(2)18-27(35)30(42)36-14-16-37(17-15-36)33(45)46-24-10-11-25-28(19-24)47-34(4,5)26-12-13-38-31(43)39(32(44)40(38)29(25)26)23-8-6-22(7-9-23)21(3)41;/h6-12,19-20,27,29H,13-18,35H2,1-5H3;1H. The molecule has 13 nitrogen and oxygen atoms in total. The smallest absolute Gasteiger partial charge is 0.415 e. The van der Waals surface area contributed by atoms with Crippen LogP contribution in [-0.4, -0.2) is 79.3 Å². The van der Waals surface area contributed by atoms with Gasteiger partial charge in [0.15, 0.2) is 5.78 Å². The van der Waals surface area contributed by atoms with E-state index in [9.17, 15) is 24.0 Å². The maximum absolute atomic E-state index is 13.9. The van der Waals surface area contributed by atoms with Crippen molar-refractivity contribution in [2.45, 2.75) is 65.3 Å². The first-order valence-corrected chi connectivity index (χ1v) is 15.9. The Morgan fingerprint density at radius 2 is 1.62 bits per heavy atom. The third-order valence-electron chi connectivity index (χ3n) is 9.05. The number of piperazine rings is 1. The summed E-state index contributed by atoms with van der Waals surface area (Å²) in [5, 5.41) is 0. The predicted molar refractivity (Wildman–Crippen MR) is 181 cm³/mol. The van der Waals surface area contributed by atoms with E-state index >= 15 is 0 Å². The van der Waals surface area contributed by atoms with E-state index in [1.807, 2.05) is 33.8 Å². The van der Waals surface area contributed by atoms with E-state index in [0.29, 0.717) is 61.1 Å². The fourth-order valence-electron chi connectivity index (χ4n) is 6.62. The molecule has 48 heavy (non-hydrogen) atoms. The number of nitrogens with two attached hydrogens (primary N) is 1. The number of fused-ring (bicyclic) bond motifs is 5. The second-order valence-electron chi connectivity index (χ2n) is 13.2. The maximum atomic E-state index is 13.9. The first kappa shape index (κ1) is 34.7. The normalized spacial score (nSPS) is 18.4. The van der Waals surface area contributed by atoms with Crippen molar-refractivity contribution in [3.05, 3.63) is 86.2 Å². The van der Waals surface area contributed by atoms with Crippen molar-refractivity contribution in [2.75, 3.05) is 26.2 Å². The fourth-order valence-corrected chi connectivity index (χ4v) is 6.62. The van der Waals surface area contributed by atoms with Crippen LogP contribution in [0.4, 0.5) is 4.79 Å². The molecule has 0 radical (unpaired) electrons. The summed E-state index contributed by atoms with van der Waals surface area (Å²) in [6.07, 6.45) is 1.96. The predicted octanol–water partition coefficient (Wildman–Crippen LogP) is 3.14. The van der Waals surface area contributed by atoms with Crippen LogP contribution in [0.15, 0.2) is 63.7 Å². The highest BCUT2D eigenvalue weighted by atomic mass is 35.5. The Bertz CT molecular complexity index is 1900. The Morgan fingerprint density at radius 3 is 2.25 bits per heavy atom. The van der Waals surface area contributed by atoms with E-state index in [1.54, 1.807) is 52.3 Å². The Balaban J connectivity index is 0.00000451. The van der Waals surface area contributed by atoms with Crippen molar-refractivity contribution in [3.63, 3.8) is 0 Å². The number of rotatable bonds is 6. The van der Waals surface area contributed by atoms with Crippen LogP contribution in [0.2, 0.25) is 0 Å². The van der Waals surface area contributed by atoms with Gasteiger partial charge < -0.3 is 25.0 Å². The molecule has 256 valence electrons. The molecule has 3 aromatic rings. The fraction of sp³-hybridized carbons (Fsp3) is 0.441. The van der Waals surface area contributed by atoms with Gasteiger partial charge in [-0.3, -0.25) is 9.59 Å². The summed E-state index contributed by atoms with van der Waals surface area (Å²) in [4.78, 5) is 68.3. The van der Waals surface area contributed by atoms with Gasteiger partial charge in [-0.15, -0.1) is 12.4 Å². The Kier molecular flexibility index (Phi) is 9.48. The molecular weight excluding hydrogens is 640 g/mol. The molecule has 2 unspecified atom stereocenters. The molecule has 1 saturated heterocycles. The van der Waals surface area contributed by atoms with Gasteiger partial charge in [-0.1, -0.05) is 19.9 Å². The van der Waals surface area contributed by atoms with E-state index < -0.39 is 35.2 Å². The van der Waals surface area contributed by atoms with Crippen LogP contribution >= 0.6 is 12.4 Å². The second kappa shape index (κ2) is 13.1. The van der Waals surface area contributed by atoms with Crippen molar-refractivity contribution < 1.29 is 23.9 Å². The van der Waals surface area contributed by atoms with Gasteiger partial charge >= 0.3 is 17.5 Å². The molecule has 0 saturated carbocycles. The van der Waals surface area contributed by atoms with Crippen LogP contribution in [0.25, 0.3) is 5.69 Å². The van der Waals surface area contributed by atoms with Crippen LogP contribution in [0.1, 0.15) is 63.0 Å². The number of carbonyl (C=O) groups excluding carboxylic acids is 3. The number of amides is 2. The Labute approximate surface area is 283 Å². The Hall–Kier alpha value is -4.62. The number of halogens is 1. The van der Waals surface area contributed by atoms with E-state index in [2.05, 4.69) is 0 Å². The number of ketones is 1. The highest BCUT2D eigenvalue weighted by molar-refractivity contribution is 5.94. The summed E-state index contributed by atoms with van der Waals surface area (Å²) in [6.45, 7) is 10.8. The number of allylic oxidation sites excluding steroid dienone is 1. The minimum absolute atomic E-state index is 0. The van der Waals surface area contributed by atoms with Crippen molar-refractivity contribution in [1.29, 1.82) is 0 Å². The molecule has 0 bridgehead atoms. The summed E-state index contributed by atoms with van der Waals surface area (Å²) < 4.78 is 16.1. The molecule has 2 amide bonds. The molecule has 6 rings (SSSR count). The molecule has 1 fully saturated rings. The minimum Gasteiger partial charge on any atom is -0.483 e. The lowest BCUT2D eigenvalue weighted by atomic mass is 9.83. The minimum atomic E-state index is -0.842. The zero-order valence-corrected chi connectivity index (χ0v) is 28.5. The summed E-state index contributed by atoms with van der Waals surface area (Å²) in [6, 6.07) is 10.2. The maximum Gasteiger partial charge on any atom is 0.415 e. The zero-order chi connectivity index (χ0) is 33.8. The zero-order valence-electron chi connectivity index (χ0n) is 27.7. The number of ether oxygens (including phenoxy) is 2. The van der Waals surface area contributed by atoms with E-state index in [-0.39, 0.29) is 36.4 Å². The molecule has 0 spiro atoms. The molecule has 3 aliphatic heterocycles. The largest absolute Gasteiger partial charge is 0.483 e. The van der Waals surface area contributed by atoms with E-state index in [1.165, 1.54) is 16.3 Å². The summed E-state index contributed by atoms with van der Waals surface area (Å²) >= 11 is 0. The highest BCUT2D eigenvalue weighted by Crippen LogP contribution is 2.47. The number of aromatic nitrogens is 3. The molecule has 3 aliphatic rings. The summed E-state index contributed by atoms with van der Waals surface area (Å²) in [7, 11) is 0. The highest BCUT2D eigenvalue weighted by Gasteiger charge is 2.44. The SMILES string of the molecule is CC(=O)c1ccc(-n2c(=O)n3n(c2=O)C2C(=CC3)C(C)(C)Oc3cc(OC(=O)N4CCN(C(=O)C(N)CC(C)C)CC4)ccc32)cc1.Cl. The van der Waals surface area contributed by atoms with E-state index in [0.717, 1.165) is 10.1 Å². The van der Waals surface area contributed by atoms with Gasteiger partial charge in [0.05, 0.1) is 18.3 Å². The first-order valence-electron chi connectivity index (χ1n) is 15.9.